The van der Waals surface area contributed by atoms with Crippen molar-refractivity contribution in [1.29, 1.82) is 0 Å². The van der Waals surface area contributed by atoms with E-state index in [1.165, 1.54) is 14.2 Å². The van der Waals surface area contributed by atoms with Crippen LogP contribution >= 0.6 is 0 Å². The first-order valence-electron chi connectivity index (χ1n) is 5.67. The summed E-state index contributed by atoms with van der Waals surface area (Å²) >= 11 is 0. The number of anilines is 1. The Morgan fingerprint density at radius 1 is 0.947 bits per heavy atom. The van der Waals surface area contributed by atoms with Crippen LogP contribution in [0.5, 0.6) is 12.0 Å². The van der Waals surface area contributed by atoms with Gasteiger partial charge in [0, 0.05) is 19.8 Å². The van der Waals surface area contributed by atoms with E-state index in [0.29, 0.717) is 5.95 Å². The Hall–Kier alpha value is -2.44. The maximum absolute atomic E-state index is 5.02. The molecule has 19 heavy (non-hydrogen) atoms. The molecule has 0 saturated carbocycles. The van der Waals surface area contributed by atoms with E-state index in [9.17, 15) is 0 Å². The van der Waals surface area contributed by atoms with Crippen molar-refractivity contribution in [2.45, 2.75) is 0 Å². The Bertz CT molecular complexity index is 534. The maximum Gasteiger partial charge on any atom is 0.447 e. The van der Waals surface area contributed by atoms with E-state index in [4.69, 9.17) is 9.47 Å². The van der Waals surface area contributed by atoms with Crippen molar-refractivity contribution in [3.8, 4) is 18.0 Å². The molecule has 0 amide bonds. The molecule has 0 aliphatic rings. The lowest BCUT2D eigenvalue weighted by Crippen LogP contribution is -2.33. The van der Waals surface area contributed by atoms with Crippen LogP contribution in [0.1, 0.15) is 0 Å². The van der Waals surface area contributed by atoms with Gasteiger partial charge >= 0.3 is 18.0 Å². The van der Waals surface area contributed by atoms with Crippen LogP contribution in [-0.4, -0.2) is 43.3 Å². The van der Waals surface area contributed by atoms with Crippen LogP contribution in [0.15, 0.2) is 24.5 Å². The normalized spacial score (nSPS) is 10.1. The third-order valence-corrected chi connectivity index (χ3v) is 2.51. The molecule has 2 aromatic rings. The molecule has 7 heteroatoms. The highest BCUT2D eigenvalue weighted by Crippen LogP contribution is 2.10. The molecule has 0 radical (unpaired) electrons. The number of nitrogens with zero attached hydrogens (tertiary/aromatic N) is 5. The molecule has 0 spiro atoms. The monoisotopic (exact) mass is 262 g/mol. The number of aromatic nitrogens is 4. The molecule has 0 aliphatic heterocycles. The van der Waals surface area contributed by atoms with E-state index in [1.807, 2.05) is 43.5 Å². The van der Waals surface area contributed by atoms with Crippen molar-refractivity contribution in [3.05, 3.63) is 24.5 Å². The van der Waals surface area contributed by atoms with Crippen LogP contribution in [0.2, 0.25) is 0 Å². The van der Waals surface area contributed by atoms with Crippen LogP contribution in [0.3, 0.4) is 0 Å². The molecule has 0 bridgehead atoms. The van der Waals surface area contributed by atoms with Gasteiger partial charge in [0.05, 0.1) is 26.6 Å². The third kappa shape index (κ3) is 2.87. The second-order valence-corrected chi connectivity index (χ2v) is 3.97. The summed E-state index contributed by atoms with van der Waals surface area (Å²) in [5, 5.41) is 0. The predicted octanol–water partition coefficient (Wildman–Crippen LogP) is 0.231. The average molecular weight is 262 g/mol. The smallest absolute Gasteiger partial charge is 0.447 e. The third-order valence-electron chi connectivity index (χ3n) is 2.51. The fraction of sp³-hybridized carbons (Fsp3) is 0.333. The summed E-state index contributed by atoms with van der Waals surface area (Å²) in [5.41, 5.74) is 1.09. The minimum atomic E-state index is 0.214. The first kappa shape index (κ1) is 13.0. The molecule has 0 aliphatic carbocycles. The standard InChI is InChI=1S/C12H16N5O2/c1-16(2)9-5-7-17(8-6-9)10-13-11(18-3)15-12(14-10)19-4/h5-8H,1-4H3/q+1. The van der Waals surface area contributed by atoms with Gasteiger partial charge < -0.3 is 14.4 Å². The zero-order valence-electron chi connectivity index (χ0n) is 11.4. The Kier molecular flexibility index (Phi) is 3.74. The zero-order valence-corrected chi connectivity index (χ0v) is 11.4. The average Bonchev–Trinajstić information content (AvgIpc) is 2.46. The number of hydrogen-bond donors (Lipinski definition) is 0. The van der Waals surface area contributed by atoms with Crippen molar-refractivity contribution in [1.82, 2.24) is 15.0 Å². The van der Waals surface area contributed by atoms with Crippen LogP contribution in [0, 0.1) is 0 Å². The number of methoxy groups -OCH3 is 2. The van der Waals surface area contributed by atoms with Gasteiger partial charge in [-0.1, -0.05) is 0 Å². The summed E-state index contributed by atoms with van der Waals surface area (Å²) in [6.07, 6.45) is 3.73. The molecule has 0 atom stereocenters. The summed E-state index contributed by atoms with van der Waals surface area (Å²) < 4.78 is 11.8. The topological polar surface area (TPSA) is 64.2 Å². The lowest BCUT2D eigenvalue weighted by Gasteiger charge is -2.11. The van der Waals surface area contributed by atoms with E-state index >= 15 is 0 Å². The molecule has 2 aromatic heterocycles. The van der Waals surface area contributed by atoms with Crippen molar-refractivity contribution < 1.29 is 14.0 Å². The fourth-order valence-electron chi connectivity index (χ4n) is 1.48. The van der Waals surface area contributed by atoms with Crippen LogP contribution in [0.4, 0.5) is 5.69 Å². The van der Waals surface area contributed by atoms with Crippen molar-refractivity contribution in [3.63, 3.8) is 0 Å². The fourth-order valence-corrected chi connectivity index (χ4v) is 1.48. The largest absolute Gasteiger partial charge is 0.454 e. The lowest BCUT2D eigenvalue weighted by molar-refractivity contribution is -0.603. The summed E-state index contributed by atoms with van der Waals surface area (Å²) in [6.45, 7) is 0. The van der Waals surface area contributed by atoms with Crippen molar-refractivity contribution in [2.24, 2.45) is 0 Å². The molecule has 2 heterocycles. The maximum atomic E-state index is 5.02. The van der Waals surface area contributed by atoms with E-state index in [1.54, 1.807) is 4.57 Å². The highest BCUT2D eigenvalue weighted by molar-refractivity contribution is 5.41. The van der Waals surface area contributed by atoms with E-state index in [0.717, 1.165) is 5.69 Å². The Labute approximate surface area is 111 Å². The SMILES string of the molecule is COc1nc(OC)nc(-[n+]2ccc(N(C)C)cc2)n1. The van der Waals surface area contributed by atoms with E-state index in [2.05, 4.69) is 15.0 Å². The lowest BCUT2D eigenvalue weighted by atomic mass is 10.4. The van der Waals surface area contributed by atoms with E-state index < -0.39 is 0 Å². The quantitative estimate of drug-likeness (QED) is 0.735. The second-order valence-electron chi connectivity index (χ2n) is 3.97. The minimum absolute atomic E-state index is 0.214. The summed E-state index contributed by atoms with van der Waals surface area (Å²) in [7, 11) is 6.96. The van der Waals surface area contributed by atoms with Crippen LogP contribution < -0.4 is 18.9 Å². The molecular formula is C12H16N5O2+. The van der Waals surface area contributed by atoms with Crippen LogP contribution in [0.25, 0.3) is 5.95 Å². The highest BCUT2D eigenvalue weighted by Gasteiger charge is 2.18. The van der Waals surface area contributed by atoms with Gasteiger partial charge in [-0.15, -0.1) is 4.98 Å². The first-order chi connectivity index (χ1) is 9.13. The molecule has 0 fully saturated rings. The molecular weight excluding hydrogens is 246 g/mol. The van der Waals surface area contributed by atoms with Gasteiger partial charge in [-0.25, -0.2) is 4.57 Å². The van der Waals surface area contributed by atoms with Crippen molar-refractivity contribution >= 4 is 5.69 Å². The number of hydrogen-bond acceptors (Lipinski definition) is 6. The highest BCUT2D eigenvalue weighted by atomic mass is 16.5. The Morgan fingerprint density at radius 2 is 1.47 bits per heavy atom. The van der Waals surface area contributed by atoms with Gasteiger partial charge in [-0.05, 0) is 22.1 Å². The summed E-state index contributed by atoms with van der Waals surface area (Å²) in [5.74, 6) is 0.439. The summed E-state index contributed by atoms with van der Waals surface area (Å²) in [6, 6.07) is 4.35. The van der Waals surface area contributed by atoms with Gasteiger partial charge in [-0.3, -0.25) is 0 Å². The first-order valence-corrected chi connectivity index (χ1v) is 5.67. The molecule has 0 unspecified atom stereocenters. The summed E-state index contributed by atoms with van der Waals surface area (Å²) in [4.78, 5) is 14.3. The molecule has 0 aromatic carbocycles. The van der Waals surface area contributed by atoms with Gasteiger partial charge in [-0.2, -0.15) is 0 Å². The minimum Gasteiger partial charge on any atom is -0.454 e. The molecule has 0 N–H and O–H groups in total. The molecule has 0 saturated heterocycles. The molecule has 7 nitrogen and oxygen atoms in total. The van der Waals surface area contributed by atoms with Gasteiger partial charge in [0.15, 0.2) is 0 Å². The molecule has 2 rings (SSSR count). The number of ether oxygens (including phenoxy) is 2. The van der Waals surface area contributed by atoms with Crippen molar-refractivity contribution in [2.75, 3.05) is 33.2 Å². The predicted molar refractivity (Wildman–Crippen MR) is 68.8 cm³/mol. The van der Waals surface area contributed by atoms with Gasteiger partial charge in [0.25, 0.3) is 0 Å². The number of rotatable bonds is 4. The van der Waals surface area contributed by atoms with E-state index in [-0.39, 0.29) is 12.0 Å². The zero-order chi connectivity index (χ0) is 13.8. The Morgan fingerprint density at radius 3 is 1.89 bits per heavy atom. The van der Waals surface area contributed by atoms with Gasteiger partial charge in [0.2, 0.25) is 0 Å². The van der Waals surface area contributed by atoms with Crippen LogP contribution in [-0.2, 0) is 0 Å². The molecule has 100 valence electrons. The van der Waals surface area contributed by atoms with Gasteiger partial charge in [0.1, 0.15) is 0 Å². The number of pyridine rings is 1. The Balaban J connectivity index is 2.40. The second kappa shape index (κ2) is 5.47.